The predicted molar refractivity (Wildman–Crippen MR) is 65.6 cm³/mol. The maximum Gasteiger partial charge on any atom is 0.310 e. The van der Waals surface area contributed by atoms with Crippen LogP contribution in [0.15, 0.2) is 18.2 Å². The van der Waals surface area contributed by atoms with E-state index in [2.05, 4.69) is 15.9 Å². The summed E-state index contributed by atoms with van der Waals surface area (Å²) in [6, 6.07) is 4.89. The van der Waals surface area contributed by atoms with Crippen LogP contribution >= 0.6 is 15.9 Å². The lowest BCUT2D eigenvalue weighted by Gasteiger charge is -2.12. The van der Waals surface area contributed by atoms with E-state index in [4.69, 9.17) is 9.47 Å². The second kappa shape index (κ2) is 5.46. The van der Waals surface area contributed by atoms with Gasteiger partial charge in [0.25, 0.3) is 0 Å². The zero-order chi connectivity index (χ0) is 12.3. The Hall–Kier alpha value is -1.14. The molecule has 0 spiro atoms. The van der Waals surface area contributed by atoms with Crippen LogP contribution in [0.5, 0.6) is 5.75 Å². The van der Waals surface area contributed by atoms with Crippen LogP contribution in [0.2, 0.25) is 0 Å². The van der Waals surface area contributed by atoms with Gasteiger partial charge in [0.1, 0.15) is 6.10 Å². The maximum atomic E-state index is 10.9. The molecule has 1 fully saturated rings. The number of ether oxygens (including phenoxy) is 2. The van der Waals surface area contributed by atoms with Crippen molar-refractivity contribution in [2.75, 3.05) is 13.2 Å². The van der Waals surface area contributed by atoms with Gasteiger partial charge in [0.2, 0.25) is 0 Å². The molecule has 0 N–H and O–H groups in total. The summed E-state index contributed by atoms with van der Waals surface area (Å²) in [6.07, 6.45) is 0.690. The fourth-order valence-corrected chi connectivity index (χ4v) is 2.02. The Labute approximate surface area is 107 Å². The lowest BCUT2D eigenvalue weighted by molar-refractivity contribution is -0.386. The van der Waals surface area contributed by atoms with E-state index in [1.165, 1.54) is 6.07 Å². The van der Waals surface area contributed by atoms with Crippen LogP contribution < -0.4 is 4.74 Å². The van der Waals surface area contributed by atoms with Gasteiger partial charge in [-0.2, -0.15) is 0 Å². The van der Waals surface area contributed by atoms with Gasteiger partial charge >= 0.3 is 5.69 Å². The molecule has 1 aromatic carbocycles. The van der Waals surface area contributed by atoms with Crippen molar-refractivity contribution >= 4 is 21.6 Å². The van der Waals surface area contributed by atoms with E-state index in [1.807, 2.05) is 0 Å². The molecule has 1 aromatic rings. The summed E-state index contributed by atoms with van der Waals surface area (Å²) in [5.74, 6) is 0.322. The first kappa shape index (κ1) is 12.3. The van der Waals surface area contributed by atoms with Gasteiger partial charge in [-0.15, -0.1) is 0 Å². The molecule has 1 unspecified atom stereocenters. The molecule has 1 aliphatic rings. The molecule has 0 amide bonds. The third-order valence-corrected chi connectivity index (χ3v) is 3.20. The van der Waals surface area contributed by atoms with Crippen molar-refractivity contribution in [3.05, 3.63) is 33.9 Å². The Morgan fingerprint density at radius 3 is 3.00 bits per heavy atom. The number of nitro groups is 1. The topological polar surface area (TPSA) is 61.6 Å². The summed E-state index contributed by atoms with van der Waals surface area (Å²) in [5.41, 5.74) is 0.950. The van der Waals surface area contributed by atoms with Crippen LogP contribution in [0.4, 0.5) is 5.69 Å². The first-order chi connectivity index (χ1) is 8.20. The summed E-state index contributed by atoms with van der Waals surface area (Å²) >= 11 is 3.32. The van der Waals surface area contributed by atoms with Crippen LogP contribution in [0.3, 0.4) is 0 Å². The van der Waals surface area contributed by atoms with Gasteiger partial charge in [0, 0.05) is 17.8 Å². The smallest absolute Gasteiger partial charge is 0.310 e. The molecule has 1 atom stereocenters. The van der Waals surface area contributed by atoms with Crippen LogP contribution in [-0.4, -0.2) is 24.2 Å². The zero-order valence-electron chi connectivity index (χ0n) is 9.10. The van der Waals surface area contributed by atoms with Gasteiger partial charge < -0.3 is 9.47 Å². The first-order valence-electron chi connectivity index (χ1n) is 5.28. The van der Waals surface area contributed by atoms with Crippen LogP contribution in [0, 0.1) is 10.1 Å². The first-order valence-corrected chi connectivity index (χ1v) is 6.40. The molecule has 92 valence electrons. The predicted octanol–water partition coefficient (Wildman–Crippen LogP) is 2.66. The molecule has 0 saturated carbocycles. The van der Waals surface area contributed by atoms with Gasteiger partial charge in [0.05, 0.1) is 18.1 Å². The minimum absolute atomic E-state index is 0.00148. The number of benzene rings is 1. The molecule has 6 heteroatoms. The van der Waals surface area contributed by atoms with Crippen LogP contribution in [0.25, 0.3) is 0 Å². The Kier molecular flexibility index (Phi) is 3.96. The van der Waals surface area contributed by atoms with E-state index < -0.39 is 4.92 Å². The van der Waals surface area contributed by atoms with Gasteiger partial charge in [0.15, 0.2) is 5.75 Å². The van der Waals surface area contributed by atoms with E-state index >= 15 is 0 Å². The van der Waals surface area contributed by atoms with Gasteiger partial charge in [-0.25, -0.2) is 0 Å². The van der Waals surface area contributed by atoms with E-state index in [1.54, 1.807) is 12.1 Å². The van der Waals surface area contributed by atoms with Crippen molar-refractivity contribution in [3.63, 3.8) is 0 Å². The molecule has 17 heavy (non-hydrogen) atoms. The molecule has 1 heterocycles. The van der Waals surface area contributed by atoms with Crippen molar-refractivity contribution < 1.29 is 14.4 Å². The molecule has 0 radical (unpaired) electrons. The van der Waals surface area contributed by atoms with Gasteiger partial charge in [-0.05, 0) is 11.6 Å². The van der Waals surface area contributed by atoms with Crippen molar-refractivity contribution in [2.24, 2.45) is 0 Å². The molecule has 0 aliphatic carbocycles. The Bertz CT molecular complexity index is 418. The fraction of sp³-hybridized carbons (Fsp3) is 0.455. The van der Waals surface area contributed by atoms with Crippen LogP contribution in [-0.2, 0) is 10.1 Å². The third-order valence-electron chi connectivity index (χ3n) is 2.56. The highest BCUT2D eigenvalue weighted by Gasteiger charge is 2.22. The van der Waals surface area contributed by atoms with Gasteiger partial charge in [-0.1, -0.05) is 22.0 Å². The van der Waals surface area contributed by atoms with Crippen molar-refractivity contribution in [3.8, 4) is 5.75 Å². The largest absolute Gasteiger partial charge is 0.481 e. The molecule has 2 rings (SSSR count). The normalized spacial score (nSPS) is 19.2. The number of rotatable bonds is 4. The summed E-state index contributed by atoms with van der Waals surface area (Å²) < 4.78 is 10.8. The molecule has 0 aromatic heterocycles. The minimum atomic E-state index is -0.427. The minimum Gasteiger partial charge on any atom is -0.481 e. The summed E-state index contributed by atoms with van der Waals surface area (Å²) in [5, 5.41) is 11.5. The van der Waals surface area contributed by atoms with Crippen molar-refractivity contribution in [1.82, 2.24) is 0 Å². The number of alkyl halides is 1. The Morgan fingerprint density at radius 2 is 2.41 bits per heavy atom. The van der Waals surface area contributed by atoms with E-state index in [0.29, 0.717) is 24.3 Å². The second-order valence-corrected chi connectivity index (χ2v) is 4.36. The summed E-state index contributed by atoms with van der Waals surface area (Å²) in [7, 11) is 0. The number of nitrogens with zero attached hydrogens (tertiary/aromatic N) is 1. The second-order valence-electron chi connectivity index (χ2n) is 3.80. The SMILES string of the molecule is O=[N+]([O-])c1ccc(CBr)cc1OC1CCOC1. The van der Waals surface area contributed by atoms with E-state index in [9.17, 15) is 10.1 Å². The Morgan fingerprint density at radius 1 is 1.59 bits per heavy atom. The average molecular weight is 302 g/mol. The number of hydrogen-bond donors (Lipinski definition) is 0. The Balaban J connectivity index is 2.24. The highest BCUT2D eigenvalue weighted by molar-refractivity contribution is 9.08. The standard InChI is InChI=1S/C11H12BrNO4/c12-6-8-1-2-10(13(14)15)11(5-8)17-9-3-4-16-7-9/h1-2,5,9H,3-4,6-7H2. The number of halogens is 1. The quantitative estimate of drug-likeness (QED) is 0.487. The highest BCUT2D eigenvalue weighted by atomic mass is 79.9. The van der Waals surface area contributed by atoms with E-state index in [-0.39, 0.29) is 11.8 Å². The van der Waals surface area contributed by atoms with E-state index in [0.717, 1.165) is 12.0 Å². The molecule has 1 aliphatic heterocycles. The number of hydrogen-bond acceptors (Lipinski definition) is 4. The molecule has 1 saturated heterocycles. The molecule has 5 nitrogen and oxygen atoms in total. The third kappa shape index (κ3) is 2.95. The average Bonchev–Trinajstić information content (AvgIpc) is 2.81. The zero-order valence-corrected chi connectivity index (χ0v) is 10.7. The monoisotopic (exact) mass is 301 g/mol. The molecule has 0 bridgehead atoms. The van der Waals surface area contributed by atoms with Gasteiger partial charge in [-0.3, -0.25) is 10.1 Å². The molecular formula is C11H12BrNO4. The van der Waals surface area contributed by atoms with Crippen molar-refractivity contribution in [1.29, 1.82) is 0 Å². The van der Waals surface area contributed by atoms with Crippen LogP contribution in [0.1, 0.15) is 12.0 Å². The highest BCUT2D eigenvalue weighted by Crippen LogP contribution is 2.30. The maximum absolute atomic E-state index is 10.9. The fourth-order valence-electron chi connectivity index (χ4n) is 1.67. The number of nitro benzene ring substituents is 1. The lowest BCUT2D eigenvalue weighted by Crippen LogP contribution is -2.16. The molecular weight excluding hydrogens is 290 g/mol. The lowest BCUT2D eigenvalue weighted by atomic mass is 10.2. The summed E-state index contributed by atoms with van der Waals surface area (Å²) in [4.78, 5) is 10.5. The summed E-state index contributed by atoms with van der Waals surface area (Å²) in [6.45, 7) is 1.15. The van der Waals surface area contributed by atoms with Crippen molar-refractivity contribution in [2.45, 2.75) is 17.9 Å².